The first-order chi connectivity index (χ1) is 12.3. The second kappa shape index (κ2) is 6.48. The van der Waals surface area contributed by atoms with E-state index in [9.17, 15) is 4.39 Å². The lowest BCUT2D eigenvalue weighted by molar-refractivity contribution is 0.618. The zero-order valence-electron chi connectivity index (χ0n) is 13.6. The molecule has 1 atom stereocenters. The van der Waals surface area contributed by atoms with E-state index in [1.54, 1.807) is 23.0 Å². The van der Waals surface area contributed by atoms with Crippen LogP contribution >= 0.6 is 0 Å². The predicted octanol–water partition coefficient (Wildman–Crippen LogP) is 3.22. The number of anilines is 1. The molecule has 0 amide bonds. The van der Waals surface area contributed by atoms with E-state index in [1.807, 2.05) is 6.07 Å². The number of fused-ring (bicyclic) bond motifs is 1. The van der Waals surface area contributed by atoms with Gasteiger partial charge in [0.2, 0.25) is 0 Å². The number of aryl methyl sites for hydroxylation is 1. The van der Waals surface area contributed by atoms with Crippen LogP contribution in [0.2, 0.25) is 0 Å². The maximum Gasteiger partial charge on any atom is 0.163 e. The molecular weight excluding hydrogens is 319 g/mol. The van der Waals surface area contributed by atoms with Crippen LogP contribution in [0.3, 0.4) is 0 Å². The van der Waals surface area contributed by atoms with Crippen LogP contribution in [0.15, 0.2) is 36.8 Å². The molecule has 1 aromatic carbocycles. The molecule has 0 aliphatic carbocycles. The van der Waals surface area contributed by atoms with Gasteiger partial charge in [-0.05, 0) is 30.5 Å². The third-order valence-electron chi connectivity index (χ3n) is 4.61. The Morgan fingerprint density at radius 3 is 3.08 bits per heavy atom. The van der Waals surface area contributed by atoms with Gasteiger partial charge in [-0.3, -0.25) is 0 Å². The van der Waals surface area contributed by atoms with Gasteiger partial charge in [-0.2, -0.15) is 10.4 Å². The number of benzene rings is 1. The SMILES string of the molecule is N#CCCn1ncc2c(N3CCCC3c3cccc(F)c3)ncnc21. The van der Waals surface area contributed by atoms with Crippen LogP contribution in [0, 0.1) is 17.1 Å². The van der Waals surface area contributed by atoms with Crippen molar-refractivity contribution >= 4 is 16.9 Å². The topological polar surface area (TPSA) is 70.6 Å². The van der Waals surface area contributed by atoms with Gasteiger partial charge in [0.05, 0.1) is 36.7 Å². The summed E-state index contributed by atoms with van der Waals surface area (Å²) in [4.78, 5) is 11.0. The number of aromatic nitrogens is 4. The highest BCUT2D eigenvalue weighted by Crippen LogP contribution is 2.37. The normalized spacial score (nSPS) is 17.1. The van der Waals surface area contributed by atoms with Crippen molar-refractivity contribution in [3.05, 3.63) is 48.2 Å². The molecule has 0 radical (unpaired) electrons. The zero-order chi connectivity index (χ0) is 17.2. The fourth-order valence-corrected chi connectivity index (χ4v) is 3.51. The highest BCUT2D eigenvalue weighted by Gasteiger charge is 2.29. The number of rotatable bonds is 4. The lowest BCUT2D eigenvalue weighted by Crippen LogP contribution is -2.24. The largest absolute Gasteiger partial charge is 0.349 e. The molecule has 0 bridgehead atoms. The first-order valence-corrected chi connectivity index (χ1v) is 8.33. The number of nitrogens with zero attached hydrogens (tertiary/aromatic N) is 6. The van der Waals surface area contributed by atoms with Crippen LogP contribution in [0.4, 0.5) is 10.2 Å². The molecule has 126 valence electrons. The van der Waals surface area contributed by atoms with Gasteiger partial charge in [-0.25, -0.2) is 19.0 Å². The molecule has 1 aliphatic heterocycles. The molecule has 25 heavy (non-hydrogen) atoms. The summed E-state index contributed by atoms with van der Waals surface area (Å²) in [6.07, 6.45) is 5.64. The standard InChI is InChI=1S/C18H17FN6/c19-14-5-1-4-13(10-14)16-6-2-8-24(16)17-15-11-23-25(9-3-7-20)18(15)22-12-21-17/h1,4-5,10-12,16H,2-3,6,8-9H2. The van der Waals surface area contributed by atoms with E-state index < -0.39 is 0 Å². The number of hydrogen-bond acceptors (Lipinski definition) is 5. The van der Waals surface area contributed by atoms with E-state index in [2.05, 4.69) is 26.0 Å². The third-order valence-corrected chi connectivity index (χ3v) is 4.61. The molecule has 3 aromatic rings. The molecule has 2 aromatic heterocycles. The summed E-state index contributed by atoms with van der Waals surface area (Å²) in [6, 6.07) is 8.98. The molecule has 0 saturated carbocycles. The zero-order valence-corrected chi connectivity index (χ0v) is 13.6. The number of hydrogen-bond donors (Lipinski definition) is 0. The molecule has 0 N–H and O–H groups in total. The van der Waals surface area contributed by atoms with Gasteiger partial charge >= 0.3 is 0 Å². The van der Waals surface area contributed by atoms with E-state index >= 15 is 0 Å². The van der Waals surface area contributed by atoms with Crippen LogP contribution in [0.5, 0.6) is 0 Å². The van der Waals surface area contributed by atoms with Crippen molar-refractivity contribution in [1.29, 1.82) is 5.26 Å². The van der Waals surface area contributed by atoms with Gasteiger partial charge in [0.15, 0.2) is 5.65 Å². The fourth-order valence-electron chi connectivity index (χ4n) is 3.51. The van der Waals surface area contributed by atoms with E-state index in [1.165, 1.54) is 12.4 Å². The molecule has 3 heterocycles. The van der Waals surface area contributed by atoms with E-state index in [0.29, 0.717) is 13.0 Å². The monoisotopic (exact) mass is 336 g/mol. The highest BCUT2D eigenvalue weighted by atomic mass is 19.1. The first kappa shape index (κ1) is 15.5. The van der Waals surface area contributed by atoms with Gasteiger partial charge in [0.25, 0.3) is 0 Å². The molecule has 1 fully saturated rings. The Balaban J connectivity index is 1.73. The van der Waals surface area contributed by atoms with Crippen LogP contribution in [0.1, 0.15) is 30.9 Å². The van der Waals surface area contributed by atoms with Crippen LogP contribution in [-0.2, 0) is 6.54 Å². The molecule has 6 nitrogen and oxygen atoms in total. The summed E-state index contributed by atoms with van der Waals surface area (Å²) in [7, 11) is 0. The number of nitriles is 1. The molecule has 1 saturated heterocycles. The number of halogens is 1. The predicted molar refractivity (Wildman–Crippen MR) is 91.3 cm³/mol. The Morgan fingerprint density at radius 1 is 1.32 bits per heavy atom. The van der Waals surface area contributed by atoms with Crippen molar-refractivity contribution in [3.63, 3.8) is 0 Å². The Hall–Kier alpha value is -3.01. The van der Waals surface area contributed by atoms with Crippen LogP contribution in [-0.4, -0.2) is 26.3 Å². The van der Waals surface area contributed by atoms with Gasteiger partial charge < -0.3 is 4.90 Å². The summed E-state index contributed by atoms with van der Waals surface area (Å²) in [5.41, 5.74) is 1.69. The minimum atomic E-state index is -0.221. The Kier molecular flexibility index (Phi) is 4.02. The third kappa shape index (κ3) is 2.80. The molecule has 0 spiro atoms. The molecular formula is C18H17FN6. The van der Waals surface area contributed by atoms with Gasteiger partial charge in [0, 0.05) is 6.54 Å². The highest BCUT2D eigenvalue weighted by molar-refractivity contribution is 5.87. The maximum atomic E-state index is 13.6. The van der Waals surface area contributed by atoms with Crippen molar-refractivity contribution in [1.82, 2.24) is 19.7 Å². The average molecular weight is 336 g/mol. The summed E-state index contributed by atoms with van der Waals surface area (Å²) in [6.45, 7) is 1.36. The average Bonchev–Trinajstić information content (AvgIpc) is 3.27. The van der Waals surface area contributed by atoms with Crippen LogP contribution < -0.4 is 4.90 Å². The molecule has 1 aliphatic rings. The molecule has 7 heteroatoms. The first-order valence-electron chi connectivity index (χ1n) is 8.33. The second-order valence-corrected chi connectivity index (χ2v) is 6.12. The van der Waals surface area contributed by atoms with Crippen molar-refractivity contribution in [3.8, 4) is 6.07 Å². The van der Waals surface area contributed by atoms with Crippen molar-refractivity contribution in [2.75, 3.05) is 11.4 Å². The molecule has 1 unspecified atom stereocenters. The summed E-state index contributed by atoms with van der Waals surface area (Å²) in [5, 5.41) is 14.0. The van der Waals surface area contributed by atoms with Crippen molar-refractivity contribution < 1.29 is 4.39 Å². The maximum absolute atomic E-state index is 13.6. The van der Waals surface area contributed by atoms with Gasteiger partial charge in [0.1, 0.15) is 18.0 Å². The summed E-state index contributed by atoms with van der Waals surface area (Å²) in [5.74, 6) is 0.599. The van der Waals surface area contributed by atoms with E-state index in [-0.39, 0.29) is 11.9 Å². The van der Waals surface area contributed by atoms with Crippen LogP contribution in [0.25, 0.3) is 11.0 Å². The fraction of sp³-hybridized carbons (Fsp3) is 0.333. The Morgan fingerprint density at radius 2 is 2.24 bits per heavy atom. The lowest BCUT2D eigenvalue weighted by Gasteiger charge is -2.26. The minimum Gasteiger partial charge on any atom is -0.349 e. The molecule has 4 rings (SSSR count). The van der Waals surface area contributed by atoms with Gasteiger partial charge in [-0.1, -0.05) is 12.1 Å². The quantitative estimate of drug-likeness (QED) is 0.731. The van der Waals surface area contributed by atoms with Crippen molar-refractivity contribution in [2.45, 2.75) is 31.8 Å². The van der Waals surface area contributed by atoms with E-state index in [4.69, 9.17) is 5.26 Å². The lowest BCUT2D eigenvalue weighted by atomic mass is 10.0. The summed E-state index contributed by atoms with van der Waals surface area (Å²) < 4.78 is 15.4. The van der Waals surface area contributed by atoms with Gasteiger partial charge in [-0.15, -0.1) is 0 Å². The minimum absolute atomic E-state index is 0.0938. The van der Waals surface area contributed by atoms with Crippen molar-refractivity contribution in [2.24, 2.45) is 0 Å². The smallest absolute Gasteiger partial charge is 0.163 e. The second-order valence-electron chi connectivity index (χ2n) is 6.12. The van der Waals surface area contributed by atoms with E-state index in [0.717, 1.165) is 41.8 Å². The summed E-state index contributed by atoms with van der Waals surface area (Å²) >= 11 is 0. The Labute approximate surface area is 144 Å². The Bertz CT molecular complexity index is 944.